The highest BCUT2D eigenvalue weighted by Gasteiger charge is 2.13. The number of carboxylic acids is 1. The predicted octanol–water partition coefficient (Wildman–Crippen LogP) is 3.83. The summed E-state index contributed by atoms with van der Waals surface area (Å²) in [5, 5.41) is 9.13. The normalized spacial score (nSPS) is 10.9. The summed E-state index contributed by atoms with van der Waals surface area (Å²) >= 11 is 3.22. The molecule has 0 spiro atoms. The molecule has 6 heteroatoms. The molecule has 0 atom stereocenters. The monoisotopic (exact) mass is 334 g/mol. The van der Waals surface area contributed by atoms with Crippen molar-refractivity contribution in [2.45, 2.75) is 0 Å². The molecule has 0 aliphatic heterocycles. The van der Waals surface area contributed by atoms with Crippen LogP contribution in [0.15, 0.2) is 40.9 Å². The van der Waals surface area contributed by atoms with E-state index in [2.05, 4.69) is 25.9 Å². The first-order chi connectivity index (χ1) is 9.54. The fourth-order valence-corrected chi connectivity index (χ4v) is 2.50. The third-order valence-electron chi connectivity index (χ3n) is 2.88. The molecular weight excluding hydrogens is 327 g/mol. The van der Waals surface area contributed by atoms with Crippen LogP contribution >= 0.6 is 15.9 Å². The van der Waals surface area contributed by atoms with Gasteiger partial charge in [-0.1, -0.05) is 22.0 Å². The zero-order chi connectivity index (χ0) is 14.3. The summed E-state index contributed by atoms with van der Waals surface area (Å²) < 4.78 is 14.0. The van der Waals surface area contributed by atoms with E-state index in [1.165, 1.54) is 18.2 Å². The van der Waals surface area contributed by atoms with Crippen molar-refractivity contribution in [2.24, 2.45) is 0 Å². The van der Waals surface area contributed by atoms with E-state index in [-0.39, 0.29) is 5.56 Å². The molecule has 2 aromatic carbocycles. The van der Waals surface area contributed by atoms with E-state index < -0.39 is 11.8 Å². The molecule has 0 aliphatic rings. The molecule has 20 heavy (non-hydrogen) atoms. The predicted molar refractivity (Wildman–Crippen MR) is 76.1 cm³/mol. The van der Waals surface area contributed by atoms with Gasteiger partial charge in [0.15, 0.2) is 0 Å². The molecule has 3 rings (SSSR count). The third-order valence-corrected chi connectivity index (χ3v) is 3.34. The third kappa shape index (κ3) is 2.18. The van der Waals surface area contributed by atoms with Crippen LogP contribution in [-0.2, 0) is 0 Å². The fraction of sp³-hybridized carbons (Fsp3) is 0. The van der Waals surface area contributed by atoms with E-state index in [0.29, 0.717) is 26.9 Å². The molecule has 1 aromatic heterocycles. The summed E-state index contributed by atoms with van der Waals surface area (Å²) in [4.78, 5) is 18.4. The van der Waals surface area contributed by atoms with E-state index in [4.69, 9.17) is 5.11 Å². The van der Waals surface area contributed by atoms with Gasteiger partial charge in [-0.2, -0.15) is 0 Å². The van der Waals surface area contributed by atoms with Crippen LogP contribution in [0.1, 0.15) is 10.4 Å². The van der Waals surface area contributed by atoms with Gasteiger partial charge < -0.3 is 10.1 Å². The lowest BCUT2D eigenvalue weighted by Gasteiger charge is -1.98. The lowest BCUT2D eigenvalue weighted by atomic mass is 10.2. The van der Waals surface area contributed by atoms with Crippen molar-refractivity contribution in [1.29, 1.82) is 0 Å². The van der Waals surface area contributed by atoms with Crippen LogP contribution in [-0.4, -0.2) is 21.0 Å². The number of fused-ring (bicyclic) bond motifs is 1. The Morgan fingerprint density at radius 1 is 1.30 bits per heavy atom. The minimum atomic E-state index is -1.05. The summed E-state index contributed by atoms with van der Waals surface area (Å²) in [6.07, 6.45) is 0. The van der Waals surface area contributed by atoms with Crippen molar-refractivity contribution < 1.29 is 14.3 Å². The number of carboxylic acid groups (broad SMARTS) is 1. The average Bonchev–Trinajstić information content (AvgIpc) is 2.80. The summed E-state index contributed by atoms with van der Waals surface area (Å²) in [5.74, 6) is -1.02. The van der Waals surface area contributed by atoms with Gasteiger partial charge in [0.05, 0.1) is 11.1 Å². The Labute approximate surface area is 121 Å². The number of halogens is 2. The standard InChI is InChI=1S/C14H8BrFN2O2/c15-8-4-7(5-9(16)6-8)13-17-11-3-1-2-10(14(19)20)12(11)18-13/h1-6H,(H,17,18)(H,19,20). The summed E-state index contributed by atoms with van der Waals surface area (Å²) in [6, 6.07) is 9.23. The van der Waals surface area contributed by atoms with Crippen LogP contribution in [0, 0.1) is 5.82 Å². The Morgan fingerprint density at radius 2 is 2.10 bits per heavy atom. The molecule has 100 valence electrons. The van der Waals surface area contributed by atoms with Crippen LogP contribution in [0.5, 0.6) is 0 Å². The van der Waals surface area contributed by atoms with E-state index in [1.54, 1.807) is 18.2 Å². The average molecular weight is 335 g/mol. The maximum atomic E-state index is 13.4. The van der Waals surface area contributed by atoms with Crippen LogP contribution in [0.3, 0.4) is 0 Å². The van der Waals surface area contributed by atoms with Crippen molar-refractivity contribution in [1.82, 2.24) is 9.97 Å². The molecule has 0 aliphatic carbocycles. The number of carbonyl (C=O) groups is 1. The second-order valence-corrected chi connectivity index (χ2v) is 5.17. The van der Waals surface area contributed by atoms with Crippen LogP contribution in [0.4, 0.5) is 4.39 Å². The van der Waals surface area contributed by atoms with E-state index in [0.717, 1.165) is 0 Å². The zero-order valence-electron chi connectivity index (χ0n) is 10.0. The van der Waals surface area contributed by atoms with Gasteiger partial charge in [0.2, 0.25) is 0 Å². The van der Waals surface area contributed by atoms with Gasteiger partial charge in [0, 0.05) is 10.0 Å². The van der Waals surface area contributed by atoms with Gasteiger partial charge >= 0.3 is 5.97 Å². The molecule has 2 N–H and O–H groups in total. The first-order valence-corrected chi connectivity index (χ1v) is 6.52. The molecule has 0 bridgehead atoms. The lowest BCUT2D eigenvalue weighted by molar-refractivity contribution is 0.0699. The summed E-state index contributed by atoms with van der Waals surface area (Å²) in [5.41, 5.74) is 1.61. The molecular formula is C14H8BrFN2O2. The SMILES string of the molecule is O=C(O)c1cccc2[nH]c(-c3cc(F)cc(Br)c3)nc12. The highest BCUT2D eigenvalue weighted by molar-refractivity contribution is 9.10. The number of aromatic carboxylic acids is 1. The molecule has 3 aromatic rings. The van der Waals surface area contributed by atoms with Gasteiger partial charge in [0.25, 0.3) is 0 Å². The maximum Gasteiger partial charge on any atom is 0.337 e. The molecule has 4 nitrogen and oxygen atoms in total. The smallest absolute Gasteiger partial charge is 0.337 e. The highest BCUT2D eigenvalue weighted by Crippen LogP contribution is 2.26. The Hall–Kier alpha value is -2.21. The number of aromatic amines is 1. The molecule has 0 unspecified atom stereocenters. The van der Waals surface area contributed by atoms with Gasteiger partial charge in [-0.25, -0.2) is 14.2 Å². The number of nitrogens with zero attached hydrogens (tertiary/aromatic N) is 1. The molecule has 0 saturated carbocycles. The number of rotatable bonds is 2. The van der Waals surface area contributed by atoms with E-state index in [1.807, 2.05) is 0 Å². The second-order valence-electron chi connectivity index (χ2n) is 4.25. The van der Waals surface area contributed by atoms with Gasteiger partial charge in [-0.3, -0.25) is 0 Å². The number of hydrogen-bond donors (Lipinski definition) is 2. The van der Waals surface area contributed by atoms with Gasteiger partial charge in [0.1, 0.15) is 17.2 Å². The topological polar surface area (TPSA) is 66.0 Å². The fourth-order valence-electron chi connectivity index (χ4n) is 2.03. The van der Waals surface area contributed by atoms with Gasteiger partial charge in [-0.15, -0.1) is 0 Å². The van der Waals surface area contributed by atoms with Crippen molar-refractivity contribution in [2.75, 3.05) is 0 Å². The Kier molecular flexibility index (Phi) is 3.02. The Bertz CT molecular complexity index is 809. The number of H-pyrrole nitrogens is 1. The largest absolute Gasteiger partial charge is 0.478 e. The summed E-state index contributed by atoms with van der Waals surface area (Å²) in [6.45, 7) is 0. The van der Waals surface area contributed by atoms with Crippen molar-refractivity contribution in [3.8, 4) is 11.4 Å². The molecule has 0 saturated heterocycles. The van der Waals surface area contributed by atoms with Crippen LogP contribution < -0.4 is 0 Å². The van der Waals surface area contributed by atoms with Crippen molar-refractivity contribution in [3.63, 3.8) is 0 Å². The molecule has 0 fully saturated rings. The number of para-hydroxylation sites is 1. The molecule has 0 amide bonds. The number of imidazole rings is 1. The van der Waals surface area contributed by atoms with Crippen LogP contribution in [0.2, 0.25) is 0 Å². The van der Waals surface area contributed by atoms with Crippen LogP contribution in [0.25, 0.3) is 22.4 Å². The Morgan fingerprint density at radius 3 is 2.80 bits per heavy atom. The Balaban J connectivity index is 2.23. The molecule has 1 heterocycles. The number of nitrogens with one attached hydrogen (secondary N) is 1. The minimum absolute atomic E-state index is 0.112. The van der Waals surface area contributed by atoms with E-state index in [9.17, 15) is 9.18 Å². The lowest BCUT2D eigenvalue weighted by Crippen LogP contribution is -1.96. The second kappa shape index (κ2) is 4.72. The first-order valence-electron chi connectivity index (χ1n) is 5.73. The maximum absolute atomic E-state index is 13.4. The van der Waals surface area contributed by atoms with E-state index >= 15 is 0 Å². The quantitative estimate of drug-likeness (QED) is 0.748. The highest BCUT2D eigenvalue weighted by atomic mass is 79.9. The number of benzene rings is 2. The zero-order valence-corrected chi connectivity index (χ0v) is 11.6. The van der Waals surface area contributed by atoms with Gasteiger partial charge in [-0.05, 0) is 30.3 Å². The number of hydrogen-bond acceptors (Lipinski definition) is 2. The van der Waals surface area contributed by atoms with Crippen molar-refractivity contribution in [3.05, 3.63) is 52.3 Å². The van der Waals surface area contributed by atoms with Crippen molar-refractivity contribution >= 4 is 32.9 Å². The number of aromatic nitrogens is 2. The first kappa shape index (κ1) is 12.8. The minimum Gasteiger partial charge on any atom is -0.478 e. The summed E-state index contributed by atoms with van der Waals surface area (Å²) in [7, 11) is 0. The molecule has 0 radical (unpaired) electrons.